The van der Waals surface area contributed by atoms with Gasteiger partial charge in [0.1, 0.15) is 0 Å². The van der Waals surface area contributed by atoms with Gasteiger partial charge in [-0.2, -0.15) is 0 Å². The summed E-state index contributed by atoms with van der Waals surface area (Å²) in [4.78, 5) is 0. The molecule has 1 aliphatic heterocycles. The van der Waals surface area contributed by atoms with Crippen LogP contribution in [0.2, 0.25) is 0 Å². The van der Waals surface area contributed by atoms with E-state index in [-0.39, 0.29) is 5.75 Å². The first-order valence-electron chi connectivity index (χ1n) is 6.33. The van der Waals surface area contributed by atoms with Gasteiger partial charge in [-0.1, -0.05) is 13.8 Å². The summed E-state index contributed by atoms with van der Waals surface area (Å²) in [6, 6.07) is 5.66. The van der Waals surface area contributed by atoms with Crippen molar-refractivity contribution in [3.63, 3.8) is 0 Å². The maximum Gasteiger partial charge on any atom is 0.232 e. The second kappa shape index (κ2) is 5.18. The molecule has 0 fully saturated rings. The van der Waals surface area contributed by atoms with E-state index >= 15 is 0 Å². The summed E-state index contributed by atoms with van der Waals surface area (Å²) in [5.74, 6) is 0.575. The molecule has 0 unspecified atom stereocenters. The van der Waals surface area contributed by atoms with Crippen LogP contribution >= 0.6 is 0 Å². The Kier molecular flexibility index (Phi) is 3.80. The van der Waals surface area contributed by atoms with Crippen LogP contribution in [0.5, 0.6) is 0 Å². The number of fused-ring (bicyclic) bond motifs is 1. The normalized spacial score (nSPS) is 14.4. The van der Waals surface area contributed by atoms with Crippen LogP contribution in [-0.4, -0.2) is 20.7 Å². The van der Waals surface area contributed by atoms with E-state index in [1.54, 1.807) is 0 Å². The lowest BCUT2D eigenvalue weighted by atomic mass is 10.1. The largest absolute Gasteiger partial charge is 0.384 e. The van der Waals surface area contributed by atoms with Gasteiger partial charge in [-0.3, -0.25) is 4.72 Å². The lowest BCUT2D eigenvalue weighted by Gasteiger charge is -2.10. The molecule has 0 aromatic heterocycles. The highest BCUT2D eigenvalue weighted by molar-refractivity contribution is 7.92. The first kappa shape index (κ1) is 13.2. The van der Waals surface area contributed by atoms with Crippen molar-refractivity contribution in [2.75, 3.05) is 22.3 Å². The highest BCUT2D eigenvalue weighted by Gasteiger charge is 2.14. The van der Waals surface area contributed by atoms with E-state index in [1.165, 1.54) is 5.56 Å². The van der Waals surface area contributed by atoms with Crippen LogP contribution in [0.1, 0.15) is 25.8 Å². The molecule has 0 aliphatic carbocycles. The number of anilines is 2. The van der Waals surface area contributed by atoms with Gasteiger partial charge in [-0.15, -0.1) is 0 Å². The number of hydrogen-bond acceptors (Lipinski definition) is 3. The van der Waals surface area contributed by atoms with E-state index in [4.69, 9.17) is 0 Å². The highest BCUT2D eigenvalue weighted by atomic mass is 32.2. The van der Waals surface area contributed by atoms with Crippen molar-refractivity contribution in [2.24, 2.45) is 5.92 Å². The Hall–Kier alpha value is -1.23. The fourth-order valence-electron chi connectivity index (χ4n) is 1.99. The Morgan fingerprint density at radius 3 is 2.89 bits per heavy atom. The minimum Gasteiger partial charge on any atom is -0.384 e. The van der Waals surface area contributed by atoms with Crippen molar-refractivity contribution in [1.29, 1.82) is 0 Å². The third kappa shape index (κ3) is 3.38. The van der Waals surface area contributed by atoms with Crippen molar-refractivity contribution in [1.82, 2.24) is 0 Å². The Balaban J connectivity index is 2.05. The predicted octanol–water partition coefficient (Wildman–Crippen LogP) is 2.44. The summed E-state index contributed by atoms with van der Waals surface area (Å²) < 4.78 is 26.4. The molecule has 4 nitrogen and oxygen atoms in total. The molecule has 2 N–H and O–H groups in total. The van der Waals surface area contributed by atoms with Crippen LogP contribution < -0.4 is 10.0 Å². The molecule has 100 valence electrons. The number of rotatable bonds is 5. The maximum absolute atomic E-state index is 11.9. The summed E-state index contributed by atoms with van der Waals surface area (Å²) >= 11 is 0. The molecule has 0 atom stereocenters. The summed E-state index contributed by atoms with van der Waals surface area (Å²) in [5, 5.41) is 3.25. The van der Waals surface area contributed by atoms with Crippen LogP contribution in [0.15, 0.2) is 18.2 Å². The molecule has 0 spiro atoms. The lowest BCUT2D eigenvalue weighted by Crippen LogP contribution is -2.17. The zero-order chi connectivity index (χ0) is 13.2. The zero-order valence-electron chi connectivity index (χ0n) is 10.9. The zero-order valence-corrected chi connectivity index (χ0v) is 11.7. The Labute approximate surface area is 109 Å². The van der Waals surface area contributed by atoms with Crippen molar-refractivity contribution < 1.29 is 8.42 Å². The first-order chi connectivity index (χ1) is 8.46. The molecule has 2 rings (SSSR count). The van der Waals surface area contributed by atoms with Crippen molar-refractivity contribution in [3.05, 3.63) is 23.8 Å². The second-order valence-electron chi connectivity index (χ2n) is 5.15. The third-order valence-electron chi connectivity index (χ3n) is 3.05. The van der Waals surface area contributed by atoms with Gasteiger partial charge < -0.3 is 5.32 Å². The average Bonchev–Trinajstić information content (AvgIpc) is 2.73. The third-order valence-corrected chi connectivity index (χ3v) is 4.37. The van der Waals surface area contributed by atoms with Gasteiger partial charge in [0, 0.05) is 17.9 Å². The molecular weight excluding hydrogens is 248 g/mol. The fraction of sp³-hybridized carbons (Fsp3) is 0.538. The van der Waals surface area contributed by atoms with Gasteiger partial charge in [0.15, 0.2) is 0 Å². The van der Waals surface area contributed by atoms with Gasteiger partial charge in [-0.25, -0.2) is 8.42 Å². The highest BCUT2D eigenvalue weighted by Crippen LogP contribution is 2.25. The van der Waals surface area contributed by atoms with E-state index in [1.807, 2.05) is 32.0 Å². The molecule has 18 heavy (non-hydrogen) atoms. The Bertz CT molecular complexity index is 524. The molecule has 0 bridgehead atoms. The molecule has 0 saturated heterocycles. The van der Waals surface area contributed by atoms with Crippen molar-refractivity contribution in [3.8, 4) is 0 Å². The summed E-state index contributed by atoms with van der Waals surface area (Å²) in [6.45, 7) is 4.98. The summed E-state index contributed by atoms with van der Waals surface area (Å²) in [6.07, 6.45) is 1.64. The second-order valence-corrected chi connectivity index (χ2v) is 6.99. The molecule has 0 saturated carbocycles. The molecule has 1 aromatic rings. The van der Waals surface area contributed by atoms with Crippen LogP contribution in [0.4, 0.5) is 11.4 Å². The number of nitrogens with one attached hydrogen (secondary N) is 2. The van der Waals surface area contributed by atoms with Gasteiger partial charge in [-0.05, 0) is 42.5 Å². The first-order valence-corrected chi connectivity index (χ1v) is 7.99. The van der Waals surface area contributed by atoms with Crippen LogP contribution in [0.3, 0.4) is 0 Å². The van der Waals surface area contributed by atoms with E-state index in [0.717, 1.165) is 18.7 Å². The lowest BCUT2D eigenvalue weighted by molar-refractivity contribution is 0.578. The predicted molar refractivity (Wildman–Crippen MR) is 75.5 cm³/mol. The SMILES string of the molecule is CC(C)CCS(=O)(=O)Nc1ccc2c(c1)CCN2. The van der Waals surface area contributed by atoms with Crippen LogP contribution in [0, 0.1) is 5.92 Å². The van der Waals surface area contributed by atoms with E-state index in [0.29, 0.717) is 18.0 Å². The number of sulfonamides is 1. The van der Waals surface area contributed by atoms with Crippen molar-refractivity contribution in [2.45, 2.75) is 26.7 Å². The molecule has 1 aliphatic rings. The van der Waals surface area contributed by atoms with Crippen LogP contribution in [-0.2, 0) is 16.4 Å². The molecular formula is C13H20N2O2S. The average molecular weight is 268 g/mol. The molecule has 1 aromatic carbocycles. The Morgan fingerprint density at radius 1 is 1.39 bits per heavy atom. The van der Waals surface area contributed by atoms with Crippen molar-refractivity contribution >= 4 is 21.4 Å². The quantitative estimate of drug-likeness (QED) is 0.862. The molecule has 0 amide bonds. The van der Waals surface area contributed by atoms with Gasteiger partial charge in [0.25, 0.3) is 0 Å². The van der Waals surface area contributed by atoms with Gasteiger partial charge >= 0.3 is 0 Å². The van der Waals surface area contributed by atoms with E-state index in [2.05, 4.69) is 10.0 Å². The topological polar surface area (TPSA) is 58.2 Å². The molecule has 0 radical (unpaired) electrons. The summed E-state index contributed by atoms with van der Waals surface area (Å²) in [5.41, 5.74) is 2.96. The number of benzene rings is 1. The van der Waals surface area contributed by atoms with E-state index < -0.39 is 10.0 Å². The Morgan fingerprint density at radius 2 is 2.17 bits per heavy atom. The standard InChI is InChI=1S/C13H20N2O2S/c1-10(2)6-8-18(16,17)15-12-3-4-13-11(9-12)5-7-14-13/h3-4,9-10,14-15H,5-8H2,1-2H3. The monoisotopic (exact) mass is 268 g/mol. The minimum atomic E-state index is -3.22. The van der Waals surface area contributed by atoms with E-state index in [9.17, 15) is 8.42 Å². The summed E-state index contributed by atoms with van der Waals surface area (Å²) in [7, 11) is -3.22. The molecule has 5 heteroatoms. The van der Waals surface area contributed by atoms with Crippen LogP contribution in [0.25, 0.3) is 0 Å². The smallest absolute Gasteiger partial charge is 0.232 e. The van der Waals surface area contributed by atoms with Gasteiger partial charge in [0.2, 0.25) is 10.0 Å². The maximum atomic E-state index is 11.9. The number of hydrogen-bond donors (Lipinski definition) is 2. The fourth-order valence-corrected chi connectivity index (χ4v) is 3.36. The van der Waals surface area contributed by atoms with Gasteiger partial charge in [0.05, 0.1) is 5.75 Å². The molecule has 1 heterocycles. The minimum absolute atomic E-state index is 0.181.